The number of methoxy groups -OCH3 is 1. The molecule has 0 aliphatic heterocycles. The number of imidazole rings is 1. The van der Waals surface area contributed by atoms with Crippen molar-refractivity contribution in [2.24, 2.45) is 0 Å². The summed E-state index contributed by atoms with van der Waals surface area (Å²) < 4.78 is 11.6. The van der Waals surface area contributed by atoms with E-state index < -0.39 is 5.97 Å². The Morgan fingerprint density at radius 2 is 2.05 bits per heavy atom. The molecular formula is C13H15N3O3. The minimum absolute atomic E-state index is 0.108. The molecule has 0 fully saturated rings. The maximum absolute atomic E-state index is 11.4. The number of ether oxygens (including phenoxy) is 2. The number of nitrogens with zero attached hydrogens (tertiary/aromatic N) is 2. The molecule has 0 aliphatic carbocycles. The van der Waals surface area contributed by atoms with E-state index in [9.17, 15) is 4.79 Å². The van der Waals surface area contributed by atoms with Crippen LogP contribution >= 0.6 is 0 Å². The minimum atomic E-state index is -0.554. The van der Waals surface area contributed by atoms with Crippen molar-refractivity contribution in [3.63, 3.8) is 0 Å². The molecule has 0 bridgehead atoms. The first kappa shape index (κ1) is 12.9. The predicted octanol–water partition coefficient (Wildman–Crippen LogP) is 1.64. The van der Waals surface area contributed by atoms with E-state index in [4.69, 9.17) is 10.5 Å². The highest BCUT2D eigenvalue weighted by atomic mass is 16.5. The van der Waals surface area contributed by atoms with Gasteiger partial charge < -0.3 is 15.2 Å². The molecule has 0 saturated carbocycles. The predicted molar refractivity (Wildman–Crippen MR) is 70.5 cm³/mol. The van der Waals surface area contributed by atoms with Crippen LogP contribution in [-0.4, -0.2) is 29.2 Å². The highest BCUT2D eigenvalue weighted by Gasteiger charge is 2.16. The Labute approximate surface area is 110 Å². The van der Waals surface area contributed by atoms with Gasteiger partial charge in [-0.1, -0.05) is 0 Å². The second-order valence-electron chi connectivity index (χ2n) is 3.77. The van der Waals surface area contributed by atoms with Crippen molar-refractivity contribution >= 4 is 11.8 Å². The van der Waals surface area contributed by atoms with E-state index in [1.165, 1.54) is 13.4 Å². The molecule has 0 unspecified atom stereocenters. The van der Waals surface area contributed by atoms with Crippen LogP contribution in [0.2, 0.25) is 0 Å². The van der Waals surface area contributed by atoms with E-state index in [-0.39, 0.29) is 11.5 Å². The zero-order valence-corrected chi connectivity index (χ0v) is 10.8. The lowest BCUT2D eigenvalue weighted by molar-refractivity contribution is 0.0596. The number of anilines is 1. The van der Waals surface area contributed by atoms with Gasteiger partial charge in [0.05, 0.1) is 13.7 Å². The monoisotopic (exact) mass is 261 g/mol. The molecule has 0 spiro atoms. The third-order valence-corrected chi connectivity index (χ3v) is 2.61. The molecule has 100 valence electrons. The Balaban J connectivity index is 2.32. The number of esters is 1. The summed E-state index contributed by atoms with van der Waals surface area (Å²) in [4.78, 5) is 15.4. The SMILES string of the molecule is CCOc1ccc(-n2cnc(C(=O)OC)c2N)cc1. The van der Waals surface area contributed by atoms with Crippen molar-refractivity contribution in [2.45, 2.75) is 6.92 Å². The van der Waals surface area contributed by atoms with Gasteiger partial charge in [-0.2, -0.15) is 0 Å². The quantitative estimate of drug-likeness (QED) is 0.846. The second-order valence-corrected chi connectivity index (χ2v) is 3.77. The molecule has 6 heteroatoms. The van der Waals surface area contributed by atoms with E-state index in [2.05, 4.69) is 9.72 Å². The Hall–Kier alpha value is -2.50. The fourth-order valence-electron chi connectivity index (χ4n) is 1.69. The van der Waals surface area contributed by atoms with Crippen molar-refractivity contribution in [1.29, 1.82) is 0 Å². The Bertz CT molecular complexity index is 575. The number of carbonyl (C=O) groups is 1. The van der Waals surface area contributed by atoms with Crippen LogP contribution in [0.3, 0.4) is 0 Å². The molecular weight excluding hydrogens is 246 g/mol. The number of nitrogens with two attached hydrogens (primary N) is 1. The molecule has 1 aromatic carbocycles. The Morgan fingerprint density at radius 1 is 1.37 bits per heavy atom. The van der Waals surface area contributed by atoms with Crippen LogP contribution in [0.1, 0.15) is 17.4 Å². The summed E-state index contributed by atoms with van der Waals surface area (Å²) in [6.07, 6.45) is 1.48. The minimum Gasteiger partial charge on any atom is -0.494 e. The number of hydrogen-bond donors (Lipinski definition) is 1. The summed E-state index contributed by atoms with van der Waals surface area (Å²) in [7, 11) is 1.29. The van der Waals surface area contributed by atoms with E-state index in [0.717, 1.165) is 11.4 Å². The van der Waals surface area contributed by atoms with Crippen LogP contribution in [0.4, 0.5) is 5.82 Å². The van der Waals surface area contributed by atoms with E-state index in [0.29, 0.717) is 6.61 Å². The van der Waals surface area contributed by atoms with Gasteiger partial charge in [0.25, 0.3) is 0 Å². The van der Waals surface area contributed by atoms with Gasteiger partial charge in [0, 0.05) is 5.69 Å². The largest absolute Gasteiger partial charge is 0.494 e. The van der Waals surface area contributed by atoms with E-state index in [1.54, 1.807) is 4.57 Å². The summed E-state index contributed by atoms with van der Waals surface area (Å²) in [5.74, 6) is 0.469. The van der Waals surface area contributed by atoms with Gasteiger partial charge in [0.1, 0.15) is 17.9 Å². The van der Waals surface area contributed by atoms with Crippen LogP contribution in [-0.2, 0) is 4.74 Å². The first-order valence-corrected chi connectivity index (χ1v) is 5.81. The highest BCUT2D eigenvalue weighted by molar-refractivity contribution is 5.92. The number of rotatable bonds is 4. The lowest BCUT2D eigenvalue weighted by Gasteiger charge is -2.07. The average Bonchev–Trinajstić information content (AvgIpc) is 2.81. The van der Waals surface area contributed by atoms with E-state index >= 15 is 0 Å². The van der Waals surface area contributed by atoms with Crippen LogP contribution in [0.5, 0.6) is 5.75 Å². The molecule has 19 heavy (non-hydrogen) atoms. The summed E-state index contributed by atoms with van der Waals surface area (Å²) in [6, 6.07) is 7.33. The van der Waals surface area contributed by atoms with Crippen LogP contribution in [0.15, 0.2) is 30.6 Å². The van der Waals surface area contributed by atoms with Crippen molar-refractivity contribution in [3.8, 4) is 11.4 Å². The first-order chi connectivity index (χ1) is 9.17. The van der Waals surface area contributed by atoms with Crippen molar-refractivity contribution < 1.29 is 14.3 Å². The average molecular weight is 261 g/mol. The molecule has 0 amide bonds. The molecule has 2 N–H and O–H groups in total. The van der Waals surface area contributed by atoms with Gasteiger partial charge in [0.15, 0.2) is 5.69 Å². The van der Waals surface area contributed by atoms with Gasteiger partial charge >= 0.3 is 5.97 Å². The van der Waals surface area contributed by atoms with Crippen molar-refractivity contribution in [1.82, 2.24) is 9.55 Å². The molecule has 0 radical (unpaired) electrons. The molecule has 1 heterocycles. The molecule has 0 saturated heterocycles. The summed E-state index contributed by atoms with van der Waals surface area (Å²) in [5.41, 5.74) is 6.78. The van der Waals surface area contributed by atoms with Gasteiger partial charge in [-0.05, 0) is 31.2 Å². The molecule has 6 nitrogen and oxygen atoms in total. The maximum atomic E-state index is 11.4. The smallest absolute Gasteiger partial charge is 0.360 e. The molecule has 0 atom stereocenters. The Morgan fingerprint density at radius 3 is 2.63 bits per heavy atom. The number of nitrogen functional groups attached to an aromatic ring is 1. The topological polar surface area (TPSA) is 79.4 Å². The molecule has 2 rings (SSSR count). The third-order valence-electron chi connectivity index (χ3n) is 2.61. The number of hydrogen-bond acceptors (Lipinski definition) is 5. The van der Waals surface area contributed by atoms with E-state index in [1.807, 2.05) is 31.2 Å². The molecule has 2 aromatic rings. The summed E-state index contributed by atoms with van der Waals surface area (Å²) in [5, 5.41) is 0. The summed E-state index contributed by atoms with van der Waals surface area (Å²) in [6.45, 7) is 2.53. The standard InChI is InChI=1S/C13H15N3O3/c1-3-19-10-6-4-9(5-7-10)16-8-15-11(12(16)14)13(17)18-2/h4-8H,3,14H2,1-2H3. The van der Waals surface area contributed by atoms with Gasteiger partial charge in [-0.25, -0.2) is 9.78 Å². The fourth-order valence-corrected chi connectivity index (χ4v) is 1.69. The zero-order chi connectivity index (χ0) is 13.8. The van der Waals surface area contributed by atoms with Crippen molar-refractivity contribution in [3.05, 3.63) is 36.3 Å². The number of aromatic nitrogens is 2. The highest BCUT2D eigenvalue weighted by Crippen LogP contribution is 2.20. The van der Waals surface area contributed by atoms with Crippen LogP contribution in [0.25, 0.3) is 5.69 Å². The number of carbonyl (C=O) groups excluding carboxylic acids is 1. The lowest BCUT2D eigenvalue weighted by Crippen LogP contribution is -2.07. The van der Waals surface area contributed by atoms with Crippen LogP contribution in [0, 0.1) is 0 Å². The van der Waals surface area contributed by atoms with Crippen molar-refractivity contribution in [2.75, 3.05) is 19.5 Å². The fraction of sp³-hybridized carbons (Fsp3) is 0.231. The van der Waals surface area contributed by atoms with Gasteiger partial charge in [-0.15, -0.1) is 0 Å². The first-order valence-electron chi connectivity index (χ1n) is 5.81. The third kappa shape index (κ3) is 2.52. The Kier molecular flexibility index (Phi) is 3.70. The van der Waals surface area contributed by atoms with Gasteiger partial charge in [-0.3, -0.25) is 4.57 Å². The van der Waals surface area contributed by atoms with Gasteiger partial charge in [0.2, 0.25) is 0 Å². The molecule has 1 aromatic heterocycles. The second kappa shape index (κ2) is 5.43. The lowest BCUT2D eigenvalue weighted by atomic mass is 10.3. The maximum Gasteiger partial charge on any atom is 0.360 e. The summed E-state index contributed by atoms with van der Waals surface area (Å²) >= 11 is 0. The normalized spacial score (nSPS) is 10.2. The zero-order valence-electron chi connectivity index (χ0n) is 10.8. The number of benzene rings is 1. The molecule has 0 aliphatic rings. The van der Waals surface area contributed by atoms with Crippen LogP contribution < -0.4 is 10.5 Å².